The summed E-state index contributed by atoms with van der Waals surface area (Å²) in [7, 11) is 0. The van der Waals surface area contributed by atoms with Crippen LogP contribution in [0.25, 0.3) is 5.57 Å². The van der Waals surface area contributed by atoms with Gasteiger partial charge in [0.2, 0.25) is 0 Å². The van der Waals surface area contributed by atoms with Crippen LogP contribution < -0.4 is 0 Å². The highest BCUT2D eigenvalue weighted by Gasteiger charge is 2.01. The number of allylic oxidation sites excluding steroid dienone is 1. The molecule has 0 unspecified atom stereocenters. The van der Waals surface area contributed by atoms with Gasteiger partial charge in [0, 0.05) is 6.08 Å². The van der Waals surface area contributed by atoms with Crippen molar-refractivity contribution in [2.75, 3.05) is 0 Å². The number of hydrogen-bond acceptors (Lipinski definition) is 2. The Morgan fingerprint density at radius 3 is 2.33 bits per heavy atom. The van der Waals surface area contributed by atoms with Crippen LogP contribution in [0.1, 0.15) is 24.5 Å². The Hall–Kier alpha value is -1.61. The van der Waals surface area contributed by atoms with Crippen LogP contribution >= 0.6 is 0 Å². The molecule has 0 atom stereocenters. The highest BCUT2D eigenvalue weighted by Crippen LogP contribution is 2.18. The molecular weight excluding hydrogens is 192 g/mol. The highest BCUT2D eigenvalue weighted by molar-refractivity contribution is 5.89. The molecule has 0 saturated carbocycles. The lowest BCUT2D eigenvalue weighted by Gasteiger charge is -2.04. The number of hydrogen-bond donors (Lipinski definition) is 2. The molecule has 0 heterocycles. The van der Waals surface area contributed by atoms with Crippen molar-refractivity contribution in [2.24, 2.45) is 0 Å². The first-order valence-electron chi connectivity index (χ1n) is 4.81. The molecule has 0 bridgehead atoms. The van der Waals surface area contributed by atoms with Gasteiger partial charge in [0.25, 0.3) is 0 Å². The Bertz CT molecular complexity index is 363. The standard InChI is InChI=1S/C12H14O3/c1-2-10(7-12(14)15)11-5-3-9(8-13)4-6-11/h3-7,13H,2,8H2,1H3,(H,14,15)/b10-7+. The quantitative estimate of drug-likeness (QED) is 0.741. The summed E-state index contributed by atoms with van der Waals surface area (Å²) in [6.07, 6.45) is 1.89. The van der Waals surface area contributed by atoms with Crippen LogP contribution in [0.3, 0.4) is 0 Å². The summed E-state index contributed by atoms with van der Waals surface area (Å²) in [6.45, 7) is 1.92. The lowest BCUT2D eigenvalue weighted by atomic mass is 10.0. The Morgan fingerprint density at radius 1 is 1.33 bits per heavy atom. The predicted octanol–water partition coefficient (Wildman–Crippen LogP) is 2.06. The maximum absolute atomic E-state index is 10.5. The van der Waals surface area contributed by atoms with Gasteiger partial charge in [-0.15, -0.1) is 0 Å². The summed E-state index contributed by atoms with van der Waals surface area (Å²) >= 11 is 0. The minimum Gasteiger partial charge on any atom is -0.478 e. The fourth-order valence-corrected chi connectivity index (χ4v) is 1.36. The summed E-state index contributed by atoms with van der Waals surface area (Å²) in [5.41, 5.74) is 2.49. The van der Waals surface area contributed by atoms with Crippen molar-refractivity contribution >= 4 is 11.5 Å². The van der Waals surface area contributed by atoms with Gasteiger partial charge in [-0.25, -0.2) is 4.79 Å². The van der Waals surface area contributed by atoms with Crippen molar-refractivity contribution in [1.82, 2.24) is 0 Å². The second kappa shape index (κ2) is 5.32. The van der Waals surface area contributed by atoms with Gasteiger partial charge >= 0.3 is 5.97 Å². The maximum atomic E-state index is 10.5. The van der Waals surface area contributed by atoms with Crippen LogP contribution in [0, 0.1) is 0 Å². The number of aliphatic hydroxyl groups is 1. The molecule has 1 rings (SSSR count). The number of aliphatic carboxylic acids is 1. The smallest absolute Gasteiger partial charge is 0.328 e. The number of aliphatic hydroxyl groups excluding tert-OH is 1. The van der Waals surface area contributed by atoms with Gasteiger partial charge in [0.1, 0.15) is 0 Å². The summed E-state index contributed by atoms with van der Waals surface area (Å²) in [6, 6.07) is 7.23. The monoisotopic (exact) mass is 206 g/mol. The molecule has 80 valence electrons. The van der Waals surface area contributed by atoms with Crippen molar-refractivity contribution < 1.29 is 15.0 Å². The van der Waals surface area contributed by atoms with Crippen LogP contribution in [0.5, 0.6) is 0 Å². The van der Waals surface area contributed by atoms with E-state index in [9.17, 15) is 4.79 Å². The van der Waals surface area contributed by atoms with E-state index >= 15 is 0 Å². The minimum atomic E-state index is -0.932. The fraction of sp³-hybridized carbons (Fsp3) is 0.250. The second-order valence-corrected chi connectivity index (χ2v) is 3.22. The molecule has 3 heteroatoms. The number of carboxylic acids is 1. The zero-order valence-corrected chi connectivity index (χ0v) is 8.60. The summed E-state index contributed by atoms with van der Waals surface area (Å²) < 4.78 is 0. The molecule has 0 radical (unpaired) electrons. The van der Waals surface area contributed by atoms with Crippen LogP contribution in [0.2, 0.25) is 0 Å². The van der Waals surface area contributed by atoms with Gasteiger partial charge < -0.3 is 10.2 Å². The van der Waals surface area contributed by atoms with Crippen LogP contribution in [0.4, 0.5) is 0 Å². The van der Waals surface area contributed by atoms with Gasteiger partial charge in [-0.2, -0.15) is 0 Å². The first-order chi connectivity index (χ1) is 7.17. The molecule has 0 amide bonds. The SMILES string of the molecule is CC/C(=C\C(=O)O)c1ccc(CO)cc1. The van der Waals surface area contributed by atoms with Gasteiger partial charge in [0.05, 0.1) is 6.61 Å². The van der Waals surface area contributed by atoms with Crippen molar-refractivity contribution in [3.05, 3.63) is 41.5 Å². The second-order valence-electron chi connectivity index (χ2n) is 3.22. The van der Waals surface area contributed by atoms with Gasteiger partial charge in [-0.3, -0.25) is 0 Å². The minimum absolute atomic E-state index is 0.00435. The third-order valence-corrected chi connectivity index (χ3v) is 2.19. The van der Waals surface area contributed by atoms with E-state index in [0.717, 1.165) is 16.7 Å². The number of rotatable bonds is 4. The van der Waals surface area contributed by atoms with E-state index in [1.54, 1.807) is 12.1 Å². The van der Waals surface area contributed by atoms with E-state index in [1.165, 1.54) is 6.08 Å². The van der Waals surface area contributed by atoms with Crippen molar-refractivity contribution in [3.8, 4) is 0 Å². The molecule has 1 aromatic rings. The third-order valence-electron chi connectivity index (χ3n) is 2.19. The average Bonchev–Trinajstić information content (AvgIpc) is 2.26. The van der Waals surface area contributed by atoms with Gasteiger partial charge in [-0.1, -0.05) is 31.2 Å². The Kier molecular flexibility index (Phi) is 4.06. The predicted molar refractivity (Wildman–Crippen MR) is 58.3 cm³/mol. The molecule has 0 aromatic heterocycles. The molecule has 0 aliphatic rings. The molecule has 0 aliphatic heterocycles. The topological polar surface area (TPSA) is 57.5 Å². The number of carboxylic acid groups (broad SMARTS) is 1. The van der Waals surface area contributed by atoms with Crippen molar-refractivity contribution in [1.29, 1.82) is 0 Å². The first kappa shape index (κ1) is 11.5. The molecule has 3 nitrogen and oxygen atoms in total. The number of benzene rings is 1. The largest absolute Gasteiger partial charge is 0.478 e. The van der Waals surface area contributed by atoms with Crippen LogP contribution in [-0.2, 0) is 11.4 Å². The van der Waals surface area contributed by atoms with E-state index in [2.05, 4.69) is 0 Å². The first-order valence-corrected chi connectivity index (χ1v) is 4.81. The highest BCUT2D eigenvalue weighted by atomic mass is 16.4. The maximum Gasteiger partial charge on any atom is 0.328 e. The lowest BCUT2D eigenvalue weighted by molar-refractivity contribution is -0.131. The van der Waals surface area contributed by atoms with E-state index in [0.29, 0.717) is 6.42 Å². The molecule has 1 aromatic carbocycles. The summed E-state index contributed by atoms with van der Waals surface area (Å²) in [5.74, 6) is -0.932. The third kappa shape index (κ3) is 3.22. The Morgan fingerprint density at radius 2 is 1.93 bits per heavy atom. The molecule has 0 fully saturated rings. The van der Waals surface area contributed by atoms with E-state index in [1.807, 2.05) is 19.1 Å². The normalized spacial score (nSPS) is 11.5. The van der Waals surface area contributed by atoms with Crippen molar-refractivity contribution in [2.45, 2.75) is 20.0 Å². The van der Waals surface area contributed by atoms with E-state index in [-0.39, 0.29) is 6.61 Å². The fourth-order valence-electron chi connectivity index (χ4n) is 1.36. The molecule has 0 saturated heterocycles. The summed E-state index contributed by atoms with van der Waals surface area (Å²) in [5, 5.41) is 17.5. The van der Waals surface area contributed by atoms with E-state index in [4.69, 9.17) is 10.2 Å². The number of carbonyl (C=O) groups is 1. The van der Waals surface area contributed by atoms with E-state index < -0.39 is 5.97 Å². The molecule has 15 heavy (non-hydrogen) atoms. The van der Waals surface area contributed by atoms with Crippen molar-refractivity contribution in [3.63, 3.8) is 0 Å². The van der Waals surface area contributed by atoms with Crippen LogP contribution in [0.15, 0.2) is 30.3 Å². The Balaban J connectivity index is 2.98. The molecule has 0 spiro atoms. The van der Waals surface area contributed by atoms with Gasteiger partial charge in [0.15, 0.2) is 0 Å². The van der Waals surface area contributed by atoms with Crippen LogP contribution in [-0.4, -0.2) is 16.2 Å². The zero-order chi connectivity index (χ0) is 11.3. The molecule has 2 N–H and O–H groups in total. The van der Waals surface area contributed by atoms with Gasteiger partial charge in [-0.05, 0) is 23.1 Å². The molecular formula is C12H14O3. The zero-order valence-electron chi connectivity index (χ0n) is 8.60. The summed E-state index contributed by atoms with van der Waals surface area (Å²) in [4.78, 5) is 10.5. The average molecular weight is 206 g/mol. The molecule has 0 aliphatic carbocycles. The Labute approximate surface area is 88.7 Å². The lowest BCUT2D eigenvalue weighted by Crippen LogP contribution is -1.92.